The Bertz CT molecular complexity index is 1120. The van der Waals surface area contributed by atoms with Gasteiger partial charge in [-0.15, -0.1) is 0 Å². The Balaban J connectivity index is 2.08. The normalized spacial score (nSPS) is 15.5. The minimum absolute atomic E-state index is 0.00396. The van der Waals surface area contributed by atoms with E-state index in [1.807, 2.05) is 42.8 Å². The summed E-state index contributed by atoms with van der Waals surface area (Å²) < 4.78 is 6.97. The lowest BCUT2D eigenvalue weighted by molar-refractivity contribution is -0.131. The molecule has 176 valence electrons. The topological polar surface area (TPSA) is 83.9 Å². The van der Waals surface area contributed by atoms with E-state index in [2.05, 4.69) is 12.2 Å². The smallest absolute Gasteiger partial charge is 0.265 e. The standard InChI is InChI=1S/C24H30N4O4S/c1-5-16-9-8-10-18-17(14-27(21(16)18)15-20(29)26(6-2)7-3)13-19-22(30)25-24(33)28(23(19)31)11-12-32-4/h8-10,13-14H,5-7,11-12,15H2,1-4H3,(H,25,30,33). The summed E-state index contributed by atoms with van der Waals surface area (Å²) in [5.74, 6) is -0.984. The van der Waals surface area contributed by atoms with Gasteiger partial charge < -0.3 is 14.2 Å². The second kappa shape index (κ2) is 10.7. The van der Waals surface area contributed by atoms with Crippen LogP contribution in [0, 0.1) is 0 Å². The van der Waals surface area contributed by atoms with E-state index in [-0.39, 0.29) is 29.7 Å². The average molecular weight is 471 g/mol. The number of ether oxygens (including phenoxy) is 1. The van der Waals surface area contributed by atoms with Crippen molar-refractivity contribution in [3.63, 3.8) is 0 Å². The summed E-state index contributed by atoms with van der Waals surface area (Å²) in [6.07, 6.45) is 4.21. The molecular weight excluding hydrogens is 440 g/mol. The first-order valence-corrected chi connectivity index (χ1v) is 11.5. The zero-order chi connectivity index (χ0) is 24.1. The molecule has 8 nitrogen and oxygen atoms in total. The Kier molecular flexibility index (Phi) is 7.99. The monoisotopic (exact) mass is 470 g/mol. The van der Waals surface area contributed by atoms with E-state index in [0.717, 1.165) is 22.9 Å². The van der Waals surface area contributed by atoms with E-state index in [9.17, 15) is 14.4 Å². The highest BCUT2D eigenvalue weighted by molar-refractivity contribution is 7.80. The number of thiocarbonyl (C=S) groups is 1. The highest BCUT2D eigenvalue weighted by Gasteiger charge is 2.33. The van der Waals surface area contributed by atoms with Gasteiger partial charge in [-0.2, -0.15) is 0 Å². The molecule has 3 amide bonds. The van der Waals surface area contributed by atoms with Crippen molar-refractivity contribution in [2.75, 3.05) is 33.4 Å². The first-order chi connectivity index (χ1) is 15.9. The molecule has 2 heterocycles. The van der Waals surface area contributed by atoms with Gasteiger partial charge in [-0.3, -0.25) is 24.6 Å². The fourth-order valence-electron chi connectivity index (χ4n) is 4.05. The van der Waals surface area contributed by atoms with E-state index in [0.29, 0.717) is 25.3 Å². The minimum Gasteiger partial charge on any atom is -0.383 e. The number of rotatable bonds is 9. The van der Waals surface area contributed by atoms with Crippen LogP contribution in [-0.2, 0) is 32.1 Å². The van der Waals surface area contributed by atoms with Gasteiger partial charge in [0, 0.05) is 37.3 Å². The van der Waals surface area contributed by atoms with Gasteiger partial charge in [-0.25, -0.2) is 0 Å². The SMILES string of the molecule is CCc1cccc2c(C=C3C(=O)NC(=S)N(CCOC)C3=O)cn(CC(=O)N(CC)CC)c12. The van der Waals surface area contributed by atoms with Gasteiger partial charge in [0.15, 0.2) is 5.11 Å². The van der Waals surface area contributed by atoms with Crippen LogP contribution in [0.3, 0.4) is 0 Å². The number of fused-ring (bicyclic) bond motifs is 1. The van der Waals surface area contributed by atoms with Gasteiger partial charge in [0.25, 0.3) is 11.8 Å². The summed E-state index contributed by atoms with van der Waals surface area (Å²) >= 11 is 5.16. The van der Waals surface area contributed by atoms with Gasteiger partial charge in [0.1, 0.15) is 12.1 Å². The van der Waals surface area contributed by atoms with Crippen LogP contribution in [0.25, 0.3) is 17.0 Å². The number of hydrogen-bond donors (Lipinski definition) is 1. The number of carbonyl (C=O) groups is 3. The molecule has 0 aliphatic carbocycles. The lowest BCUT2D eigenvalue weighted by atomic mass is 10.0. The predicted molar refractivity (Wildman–Crippen MR) is 132 cm³/mol. The van der Waals surface area contributed by atoms with Gasteiger partial charge in [-0.05, 0) is 44.1 Å². The fraction of sp³-hybridized carbons (Fsp3) is 0.417. The Morgan fingerprint density at radius 1 is 1.21 bits per heavy atom. The molecule has 0 radical (unpaired) electrons. The summed E-state index contributed by atoms with van der Waals surface area (Å²) in [5, 5.41) is 3.54. The predicted octanol–water partition coefficient (Wildman–Crippen LogP) is 2.35. The lowest BCUT2D eigenvalue weighted by Gasteiger charge is -2.28. The maximum atomic E-state index is 13.1. The van der Waals surface area contributed by atoms with Crippen molar-refractivity contribution in [1.82, 2.24) is 19.7 Å². The van der Waals surface area contributed by atoms with Crippen LogP contribution >= 0.6 is 12.2 Å². The van der Waals surface area contributed by atoms with Crippen LogP contribution < -0.4 is 5.32 Å². The molecule has 1 aliphatic heterocycles. The molecule has 1 N–H and O–H groups in total. The second-order valence-corrected chi connectivity index (χ2v) is 8.10. The van der Waals surface area contributed by atoms with Gasteiger partial charge >= 0.3 is 0 Å². The zero-order valence-electron chi connectivity index (χ0n) is 19.5. The Labute approximate surface area is 199 Å². The molecule has 9 heteroatoms. The van der Waals surface area contributed by atoms with Crippen molar-refractivity contribution in [3.05, 3.63) is 41.1 Å². The van der Waals surface area contributed by atoms with E-state index < -0.39 is 11.8 Å². The number of nitrogens with one attached hydrogen (secondary N) is 1. The number of methoxy groups -OCH3 is 1. The van der Waals surface area contributed by atoms with Crippen LogP contribution in [0.15, 0.2) is 30.0 Å². The van der Waals surface area contributed by atoms with Crippen molar-refractivity contribution in [2.24, 2.45) is 0 Å². The zero-order valence-corrected chi connectivity index (χ0v) is 20.3. The molecule has 0 bridgehead atoms. The molecule has 1 fully saturated rings. The summed E-state index contributed by atoms with van der Waals surface area (Å²) in [6.45, 7) is 7.96. The highest BCUT2D eigenvalue weighted by atomic mass is 32.1. The molecule has 1 aromatic carbocycles. The summed E-state index contributed by atoms with van der Waals surface area (Å²) in [7, 11) is 1.53. The Hall–Kier alpha value is -3.04. The number of nitrogens with zero attached hydrogens (tertiary/aromatic N) is 3. The van der Waals surface area contributed by atoms with E-state index in [1.165, 1.54) is 12.0 Å². The number of benzene rings is 1. The van der Waals surface area contributed by atoms with Crippen LogP contribution in [0.4, 0.5) is 0 Å². The fourth-order valence-corrected chi connectivity index (χ4v) is 4.31. The minimum atomic E-state index is -0.537. The molecule has 0 saturated carbocycles. The van der Waals surface area contributed by atoms with Gasteiger partial charge in [-0.1, -0.05) is 25.1 Å². The summed E-state index contributed by atoms with van der Waals surface area (Å²) in [5.41, 5.74) is 2.72. The third kappa shape index (κ3) is 4.99. The van der Waals surface area contributed by atoms with Crippen LogP contribution in [0.5, 0.6) is 0 Å². The third-order valence-corrected chi connectivity index (χ3v) is 6.14. The maximum Gasteiger partial charge on any atom is 0.265 e. The van der Waals surface area contributed by atoms with Crippen LogP contribution in [0.2, 0.25) is 0 Å². The summed E-state index contributed by atoms with van der Waals surface area (Å²) in [4.78, 5) is 41.6. The third-order valence-electron chi connectivity index (χ3n) is 5.82. The molecule has 1 aromatic heterocycles. The maximum absolute atomic E-state index is 13.1. The van der Waals surface area contributed by atoms with E-state index in [4.69, 9.17) is 17.0 Å². The molecule has 2 aromatic rings. The Morgan fingerprint density at radius 3 is 2.58 bits per heavy atom. The van der Waals surface area contributed by atoms with E-state index in [1.54, 1.807) is 11.0 Å². The quantitative estimate of drug-likeness (QED) is 0.346. The van der Waals surface area contributed by atoms with Crippen molar-refractivity contribution in [1.29, 1.82) is 0 Å². The lowest BCUT2D eigenvalue weighted by Crippen LogP contribution is -2.54. The Morgan fingerprint density at radius 2 is 1.94 bits per heavy atom. The van der Waals surface area contributed by atoms with E-state index >= 15 is 0 Å². The first kappa shape index (κ1) is 24.6. The summed E-state index contributed by atoms with van der Waals surface area (Å²) in [6, 6.07) is 5.92. The largest absolute Gasteiger partial charge is 0.383 e. The average Bonchev–Trinajstić information content (AvgIpc) is 3.14. The molecule has 33 heavy (non-hydrogen) atoms. The number of likely N-dealkylation sites (N-methyl/N-ethyl adjacent to an activating group) is 1. The number of aromatic nitrogens is 1. The van der Waals surface area contributed by atoms with Crippen molar-refractivity contribution in [2.45, 2.75) is 33.7 Å². The molecular formula is C24H30N4O4S. The van der Waals surface area contributed by atoms with Crippen LogP contribution in [-0.4, -0.2) is 70.6 Å². The number of aryl methyl sites for hydroxylation is 1. The van der Waals surface area contributed by atoms with Crippen LogP contribution in [0.1, 0.15) is 31.9 Å². The van der Waals surface area contributed by atoms with Crippen molar-refractivity contribution in [3.8, 4) is 0 Å². The molecule has 1 aliphatic rings. The molecule has 0 atom stereocenters. The number of amides is 3. The number of hydrogen-bond acceptors (Lipinski definition) is 5. The van der Waals surface area contributed by atoms with Crippen molar-refractivity contribution < 1.29 is 19.1 Å². The van der Waals surface area contributed by atoms with Gasteiger partial charge in [0.05, 0.1) is 18.7 Å². The highest BCUT2D eigenvalue weighted by Crippen LogP contribution is 2.28. The number of para-hydroxylation sites is 1. The van der Waals surface area contributed by atoms with Gasteiger partial charge in [0.2, 0.25) is 5.91 Å². The molecule has 0 spiro atoms. The molecule has 1 saturated heterocycles. The first-order valence-electron chi connectivity index (χ1n) is 11.1. The van der Waals surface area contributed by atoms with Crippen molar-refractivity contribution >= 4 is 52.0 Å². The second-order valence-electron chi connectivity index (χ2n) is 7.71. The number of carbonyl (C=O) groups excluding carboxylic acids is 3. The molecule has 0 unspecified atom stereocenters. The molecule has 3 rings (SSSR count).